The second-order valence-corrected chi connectivity index (χ2v) is 4.86. The van der Waals surface area contributed by atoms with E-state index in [9.17, 15) is 0 Å². The first kappa shape index (κ1) is 12.4. The lowest BCUT2D eigenvalue weighted by atomic mass is 10.1. The molecule has 0 amide bonds. The molecule has 3 atom stereocenters. The number of hydrogen-bond donors (Lipinski definition) is 2. The summed E-state index contributed by atoms with van der Waals surface area (Å²) in [6.07, 6.45) is 2.85. The van der Waals surface area contributed by atoms with Crippen molar-refractivity contribution in [3.8, 4) is 0 Å². The third-order valence-corrected chi connectivity index (χ3v) is 3.45. The fraction of sp³-hybridized carbons (Fsp3) is 0.571. The van der Waals surface area contributed by atoms with Gasteiger partial charge in [0.05, 0.1) is 18.2 Å². The van der Waals surface area contributed by atoms with E-state index in [0.717, 1.165) is 18.5 Å². The van der Waals surface area contributed by atoms with E-state index >= 15 is 0 Å². The summed E-state index contributed by atoms with van der Waals surface area (Å²) < 4.78 is 5.88. The molecule has 17 heavy (non-hydrogen) atoms. The molecular weight excluding hydrogens is 212 g/mol. The molecule has 1 fully saturated rings. The van der Waals surface area contributed by atoms with Gasteiger partial charge in [-0.2, -0.15) is 0 Å². The lowest BCUT2D eigenvalue weighted by Gasteiger charge is -2.25. The Bertz CT molecular complexity index is 367. The van der Waals surface area contributed by atoms with Gasteiger partial charge in [0, 0.05) is 12.2 Å². The highest BCUT2D eigenvalue weighted by molar-refractivity contribution is 5.51. The average Bonchev–Trinajstić information content (AvgIpc) is 2.75. The van der Waals surface area contributed by atoms with E-state index < -0.39 is 0 Å². The Morgan fingerprint density at radius 3 is 2.76 bits per heavy atom. The molecule has 1 aliphatic rings. The predicted octanol–water partition coefficient (Wildman–Crippen LogP) is 2.30. The number of anilines is 1. The number of nitrogens with two attached hydrogens (primary N) is 1. The molecular formula is C14H22N2O. The average molecular weight is 234 g/mol. The minimum absolute atomic E-state index is 0.209. The topological polar surface area (TPSA) is 47.3 Å². The van der Waals surface area contributed by atoms with Crippen LogP contribution in [0.25, 0.3) is 0 Å². The summed E-state index contributed by atoms with van der Waals surface area (Å²) in [5, 5.41) is 3.51. The highest BCUT2D eigenvalue weighted by atomic mass is 16.5. The lowest BCUT2D eigenvalue weighted by Crippen LogP contribution is -2.40. The zero-order valence-electron chi connectivity index (χ0n) is 10.6. The largest absolute Gasteiger partial charge is 0.378 e. The summed E-state index contributed by atoms with van der Waals surface area (Å²) >= 11 is 0. The molecule has 0 aliphatic carbocycles. The van der Waals surface area contributed by atoms with Gasteiger partial charge in [0.1, 0.15) is 0 Å². The van der Waals surface area contributed by atoms with Crippen LogP contribution in [-0.4, -0.2) is 24.8 Å². The van der Waals surface area contributed by atoms with Crippen LogP contribution in [0.2, 0.25) is 0 Å². The van der Waals surface area contributed by atoms with E-state index in [1.54, 1.807) is 0 Å². The van der Waals surface area contributed by atoms with Gasteiger partial charge in [0.15, 0.2) is 0 Å². The molecule has 0 bridgehead atoms. The normalized spacial score (nSPS) is 25.8. The summed E-state index contributed by atoms with van der Waals surface area (Å²) in [6, 6.07) is 8.50. The van der Waals surface area contributed by atoms with Gasteiger partial charge in [-0.1, -0.05) is 18.2 Å². The van der Waals surface area contributed by atoms with Gasteiger partial charge in [0.2, 0.25) is 0 Å². The van der Waals surface area contributed by atoms with Crippen molar-refractivity contribution < 1.29 is 4.74 Å². The number of ether oxygens (including phenoxy) is 1. The maximum atomic E-state index is 5.88. The Labute approximate surface area is 103 Å². The number of rotatable bonds is 4. The van der Waals surface area contributed by atoms with Crippen LogP contribution >= 0.6 is 0 Å². The maximum Gasteiger partial charge on any atom is 0.0792 e. The Morgan fingerprint density at radius 2 is 2.18 bits per heavy atom. The van der Waals surface area contributed by atoms with Crippen molar-refractivity contribution in [3.05, 3.63) is 29.8 Å². The van der Waals surface area contributed by atoms with E-state index in [2.05, 4.69) is 31.3 Å². The first-order valence-corrected chi connectivity index (χ1v) is 6.38. The highest BCUT2D eigenvalue weighted by Crippen LogP contribution is 2.24. The standard InChI is InChI=1S/C14H22N2O/c1-10-5-3-4-6-12(10)16-13(9-15)14-8-7-11(2)17-14/h3-6,11,13-14,16H,7-9,15H2,1-2H3. The minimum Gasteiger partial charge on any atom is -0.378 e. The molecule has 1 saturated heterocycles. The van der Waals surface area contributed by atoms with Gasteiger partial charge in [-0.05, 0) is 38.3 Å². The minimum atomic E-state index is 0.209. The molecule has 3 unspecified atom stereocenters. The summed E-state index contributed by atoms with van der Waals surface area (Å²) in [5.41, 5.74) is 8.26. The molecule has 3 heteroatoms. The van der Waals surface area contributed by atoms with Crippen molar-refractivity contribution in [1.82, 2.24) is 0 Å². The zero-order chi connectivity index (χ0) is 12.3. The smallest absolute Gasteiger partial charge is 0.0792 e. The van der Waals surface area contributed by atoms with Crippen LogP contribution in [0.5, 0.6) is 0 Å². The van der Waals surface area contributed by atoms with Crippen LogP contribution in [0.4, 0.5) is 5.69 Å². The van der Waals surface area contributed by atoms with E-state index in [4.69, 9.17) is 10.5 Å². The number of hydrogen-bond acceptors (Lipinski definition) is 3. The summed E-state index contributed by atoms with van der Waals surface area (Å²) in [5.74, 6) is 0. The molecule has 1 aliphatic heterocycles. The third-order valence-electron chi connectivity index (χ3n) is 3.45. The molecule has 0 aromatic heterocycles. The maximum absolute atomic E-state index is 5.88. The van der Waals surface area contributed by atoms with Crippen LogP contribution in [0, 0.1) is 6.92 Å². The fourth-order valence-corrected chi connectivity index (χ4v) is 2.37. The van der Waals surface area contributed by atoms with Crippen LogP contribution < -0.4 is 11.1 Å². The van der Waals surface area contributed by atoms with E-state index in [-0.39, 0.29) is 12.1 Å². The van der Waals surface area contributed by atoms with E-state index in [1.807, 2.05) is 12.1 Å². The van der Waals surface area contributed by atoms with Crippen molar-refractivity contribution in [2.45, 2.75) is 44.9 Å². The second kappa shape index (κ2) is 5.52. The third kappa shape index (κ3) is 2.99. The van der Waals surface area contributed by atoms with Gasteiger partial charge in [-0.15, -0.1) is 0 Å². The molecule has 0 saturated carbocycles. The molecule has 1 aromatic carbocycles. The first-order chi connectivity index (χ1) is 8.20. The summed E-state index contributed by atoms with van der Waals surface area (Å²) in [7, 11) is 0. The Morgan fingerprint density at radius 1 is 1.41 bits per heavy atom. The van der Waals surface area contributed by atoms with Crippen LogP contribution in [0.15, 0.2) is 24.3 Å². The van der Waals surface area contributed by atoms with Crippen molar-refractivity contribution in [2.24, 2.45) is 5.73 Å². The first-order valence-electron chi connectivity index (χ1n) is 6.38. The number of nitrogens with one attached hydrogen (secondary N) is 1. The molecule has 2 rings (SSSR count). The molecule has 1 heterocycles. The van der Waals surface area contributed by atoms with Gasteiger partial charge >= 0.3 is 0 Å². The quantitative estimate of drug-likeness (QED) is 0.840. The molecule has 1 aromatic rings. The molecule has 3 nitrogen and oxygen atoms in total. The van der Waals surface area contributed by atoms with E-state index in [1.165, 1.54) is 5.56 Å². The molecule has 3 N–H and O–H groups in total. The van der Waals surface area contributed by atoms with Crippen molar-refractivity contribution >= 4 is 5.69 Å². The Kier molecular flexibility index (Phi) is 4.02. The van der Waals surface area contributed by atoms with Gasteiger partial charge in [-0.25, -0.2) is 0 Å². The molecule has 94 valence electrons. The second-order valence-electron chi connectivity index (χ2n) is 4.86. The van der Waals surface area contributed by atoms with Crippen molar-refractivity contribution in [3.63, 3.8) is 0 Å². The van der Waals surface area contributed by atoms with Crippen molar-refractivity contribution in [2.75, 3.05) is 11.9 Å². The molecule has 0 radical (unpaired) electrons. The molecule has 0 spiro atoms. The highest BCUT2D eigenvalue weighted by Gasteiger charge is 2.28. The monoisotopic (exact) mass is 234 g/mol. The fourth-order valence-electron chi connectivity index (χ4n) is 2.37. The zero-order valence-corrected chi connectivity index (χ0v) is 10.6. The number of benzene rings is 1. The van der Waals surface area contributed by atoms with Gasteiger partial charge in [0.25, 0.3) is 0 Å². The van der Waals surface area contributed by atoms with Crippen LogP contribution in [-0.2, 0) is 4.74 Å². The van der Waals surface area contributed by atoms with Crippen LogP contribution in [0.1, 0.15) is 25.3 Å². The van der Waals surface area contributed by atoms with Gasteiger partial charge in [-0.3, -0.25) is 0 Å². The van der Waals surface area contributed by atoms with E-state index in [0.29, 0.717) is 12.6 Å². The lowest BCUT2D eigenvalue weighted by molar-refractivity contribution is 0.0460. The number of aryl methyl sites for hydroxylation is 1. The van der Waals surface area contributed by atoms with Gasteiger partial charge < -0.3 is 15.8 Å². The summed E-state index contributed by atoms with van der Waals surface area (Å²) in [6.45, 7) is 4.83. The summed E-state index contributed by atoms with van der Waals surface area (Å²) in [4.78, 5) is 0. The SMILES string of the molecule is Cc1ccccc1NC(CN)C1CCC(C)O1. The van der Waals surface area contributed by atoms with Crippen LogP contribution in [0.3, 0.4) is 0 Å². The number of para-hydroxylation sites is 1. The Hall–Kier alpha value is -1.06. The van der Waals surface area contributed by atoms with Crippen molar-refractivity contribution in [1.29, 1.82) is 0 Å². The predicted molar refractivity (Wildman–Crippen MR) is 71.2 cm³/mol. The Balaban J connectivity index is 2.03.